The van der Waals surface area contributed by atoms with Crippen molar-refractivity contribution in [2.75, 3.05) is 20.1 Å². The highest BCUT2D eigenvalue weighted by Crippen LogP contribution is 2.10. The Morgan fingerprint density at radius 1 is 1.21 bits per heavy atom. The Hall–Kier alpha value is -1.93. The SMILES string of the molecule is CN=C(NCCNC(=O)c1ccc(Br)cc1)NCc1ncc(C)s1. The summed E-state index contributed by atoms with van der Waals surface area (Å²) in [7, 11) is 1.71. The molecule has 2 rings (SSSR count). The first-order valence-corrected chi connectivity index (χ1v) is 9.09. The van der Waals surface area contributed by atoms with Gasteiger partial charge in [-0.15, -0.1) is 11.3 Å². The lowest BCUT2D eigenvalue weighted by molar-refractivity contribution is 0.0954. The van der Waals surface area contributed by atoms with Crippen molar-refractivity contribution >= 4 is 39.1 Å². The van der Waals surface area contributed by atoms with Crippen LogP contribution >= 0.6 is 27.3 Å². The van der Waals surface area contributed by atoms with Crippen LogP contribution in [0.3, 0.4) is 0 Å². The lowest BCUT2D eigenvalue weighted by Crippen LogP contribution is -2.41. The molecule has 3 N–H and O–H groups in total. The number of hydrogen-bond acceptors (Lipinski definition) is 4. The molecule has 0 radical (unpaired) electrons. The van der Waals surface area contributed by atoms with Crippen LogP contribution in [0.5, 0.6) is 0 Å². The molecule has 0 aliphatic heterocycles. The van der Waals surface area contributed by atoms with Crippen molar-refractivity contribution in [3.05, 3.63) is 50.4 Å². The number of amides is 1. The molecular weight excluding hydrogens is 390 g/mol. The molecule has 6 nitrogen and oxygen atoms in total. The molecule has 0 saturated heterocycles. The molecule has 128 valence electrons. The highest BCUT2D eigenvalue weighted by molar-refractivity contribution is 9.10. The summed E-state index contributed by atoms with van der Waals surface area (Å²) in [5.41, 5.74) is 0.639. The van der Waals surface area contributed by atoms with E-state index in [1.165, 1.54) is 4.88 Å². The summed E-state index contributed by atoms with van der Waals surface area (Å²) in [6.45, 7) is 3.75. The molecule has 2 aromatic rings. The Kier molecular flexibility index (Phi) is 7.20. The van der Waals surface area contributed by atoms with Crippen LogP contribution in [-0.4, -0.2) is 37.0 Å². The minimum absolute atomic E-state index is 0.0921. The second-order valence-electron chi connectivity index (χ2n) is 4.98. The van der Waals surface area contributed by atoms with Gasteiger partial charge in [-0.1, -0.05) is 15.9 Å². The number of aliphatic imine (C=N–C) groups is 1. The smallest absolute Gasteiger partial charge is 0.251 e. The molecule has 0 aliphatic rings. The summed E-state index contributed by atoms with van der Waals surface area (Å²) in [6.07, 6.45) is 1.86. The molecule has 0 aliphatic carbocycles. The molecule has 1 aromatic carbocycles. The first-order valence-electron chi connectivity index (χ1n) is 7.48. The van der Waals surface area contributed by atoms with Gasteiger partial charge in [0.2, 0.25) is 0 Å². The van der Waals surface area contributed by atoms with Crippen LogP contribution in [0.25, 0.3) is 0 Å². The topological polar surface area (TPSA) is 78.4 Å². The van der Waals surface area contributed by atoms with Gasteiger partial charge in [-0.25, -0.2) is 4.98 Å². The van der Waals surface area contributed by atoms with Gasteiger partial charge in [-0.3, -0.25) is 9.79 Å². The molecular formula is C16H20BrN5OS. The van der Waals surface area contributed by atoms with Crippen molar-refractivity contribution in [1.29, 1.82) is 0 Å². The molecule has 0 bridgehead atoms. The van der Waals surface area contributed by atoms with Crippen molar-refractivity contribution in [3.8, 4) is 0 Å². The number of aromatic nitrogens is 1. The molecule has 0 unspecified atom stereocenters. The van der Waals surface area contributed by atoms with Crippen LogP contribution in [0, 0.1) is 6.92 Å². The van der Waals surface area contributed by atoms with Crippen LogP contribution in [-0.2, 0) is 6.54 Å². The van der Waals surface area contributed by atoms with Gasteiger partial charge in [0.05, 0.1) is 6.54 Å². The summed E-state index contributed by atoms with van der Waals surface area (Å²) in [5, 5.41) is 10.2. The number of benzene rings is 1. The number of nitrogens with zero attached hydrogens (tertiary/aromatic N) is 2. The Morgan fingerprint density at radius 2 is 1.92 bits per heavy atom. The third kappa shape index (κ3) is 5.93. The Balaban J connectivity index is 1.68. The molecule has 1 aromatic heterocycles. The first-order chi connectivity index (χ1) is 11.6. The molecule has 0 saturated carbocycles. The van der Waals surface area contributed by atoms with E-state index in [1.54, 1.807) is 30.5 Å². The van der Waals surface area contributed by atoms with E-state index in [2.05, 4.69) is 41.9 Å². The number of halogens is 1. The molecule has 1 heterocycles. The summed E-state index contributed by atoms with van der Waals surface area (Å²) in [5.74, 6) is 0.589. The second kappa shape index (κ2) is 9.39. The summed E-state index contributed by atoms with van der Waals surface area (Å²) >= 11 is 5.00. The molecule has 1 amide bonds. The van der Waals surface area contributed by atoms with Crippen LogP contribution in [0.15, 0.2) is 39.9 Å². The van der Waals surface area contributed by atoms with E-state index in [4.69, 9.17) is 0 Å². The van der Waals surface area contributed by atoms with E-state index < -0.39 is 0 Å². The number of carbonyl (C=O) groups excluding carboxylic acids is 1. The van der Waals surface area contributed by atoms with Crippen molar-refractivity contribution in [1.82, 2.24) is 20.9 Å². The summed E-state index contributed by atoms with van der Waals surface area (Å²) in [6, 6.07) is 7.26. The van der Waals surface area contributed by atoms with Gasteiger partial charge in [0, 0.05) is 41.2 Å². The number of nitrogens with one attached hydrogen (secondary N) is 3. The van der Waals surface area contributed by atoms with Crippen LogP contribution in [0.4, 0.5) is 0 Å². The van der Waals surface area contributed by atoms with Gasteiger partial charge in [0.1, 0.15) is 5.01 Å². The Bertz CT molecular complexity index is 699. The largest absolute Gasteiger partial charge is 0.355 e. The number of hydrogen-bond donors (Lipinski definition) is 3. The minimum Gasteiger partial charge on any atom is -0.355 e. The zero-order valence-corrected chi connectivity index (χ0v) is 16.0. The molecule has 0 fully saturated rings. The average Bonchev–Trinajstić information content (AvgIpc) is 3.00. The Morgan fingerprint density at radius 3 is 2.54 bits per heavy atom. The molecule has 0 spiro atoms. The third-order valence-corrected chi connectivity index (χ3v) is 4.55. The van der Waals surface area contributed by atoms with Gasteiger partial charge in [-0.05, 0) is 31.2 Å². The fraction of sp³-hybridized carbons (Fsp3) is 0.312. The van der Waals surface area contributed by atoms with E-state index in [0.717, 1.165) is 9.48 Å². The molecule has 24 heavy (non-hydrogen) atoms. The quantitative estimate of drug-likeness (QED) is 0.388. The maximum atomic E-state index is 12.0. The zero-order chi connectivity index (χ0) is 17.4. The highest BCUT2D eigenvalue weighted by atomic mass is 79.9. The lowest BCUT2D eigenvalue weighted by Gasteiger charge is -2.11. The summed E-state index contributed by atoms with van der Waals surface area (Å²) in [4.78, 5) is 21.6. The van der Waals surface area contributed by atoms with Crippen LogP contribution in [0.2, 0.25) is 0 Å². The first kappa shape index (κ1) is 18.4. The van der Waals surface area contributed by atoms with Crippen molar-refractivity contribution in [3.63, 3.8) is 0 Å². The second-order valence-corrected chi connectivity index (χ2v) is 7.21. The predicted molar refractivity (Wildman–Crippen MR) is 102 cm³/mol. The maximum Gasteiger partial charge on any atom is 0.251 e. The van der Waals surface area contributed by atoms with Crippen molar-refractivity contribution in [2.45, 2.75) is 13.5 Å². The highest BCUT2D eigenvalue weighted by Gasteiger charge is 2.05. The van der Waals surface area contributed by atoms with Gasteiger partial charge < -0.3 is 16.0 Å². The van der Waals surface area contributed by atoms with Gasteiger partial charge >= 0.3 is 0 Å². The van der Waals surface area contributed by atoms with Crippen LogP contribution in [0.1, 0.15) is 20.2 Å². The average molecular weight is 410 g/mol. The van der Waals surface area contributed by atoms with Gasteiger partial charge in [-0.2, -0.15) is 0 Å². The fourth-order valence-electron chi connectivity index (χ4n) is 1.92. The monoisotopic (exact) mass is 409 g/mol. The van der Waals surface area contributed by atoms with E-state index in [0.29, 0.717) is 31.2 Å². The standard InChI is InChI=1S/C16H20BrN5OS/c1-11-9-21-14(24-11)10-22-16(18-2)20-8-7-19-15(23)12-3-5-13(17)6-4-12/h3-6,9H,7-8,10H2,1-2H3,(H,19,23)(H2,18,20,22). The van der Waals surface area contributed by atoms with Crippen molar-refractivity contribution < 1.29 is 4.79 Å². The van der Waals surface area contributed by atoms with Gasteiger partial charge in [0.25, 0.3) is 5.91 Å². The van der Waals surface area contributed by atoms with Crippen LogP contribution < -0.4 is 16.0 Å². The number of guanidine groups is 1. The van der Waals surface area contributed by atoms with Gasteiger partial charge in [0.15, 0.2) is 5.96 Å². The number of thiazole rings is 1. The number of carbonyl (C=O) groups is 1. The van der Waals surface area contributed by atoms with E-state index in [-0.39, 0.29) is 5.91 Å². The number of rotatable bonds is 6. The predicted octanol–water partition coefficient (Wildman–Crippen LogP) is 2.31. The molecule has 0 atom stereocenters. The normalized spacial score (nSPS) is 11.2. The Labute approximate surface area is 153 Å². The summed E-state index contributed by atoms with van der Waals surface area (Å²) < 4.78 is 0.950. The zero-order valence-electron chi connectivity index (χ0n) is 13.6. The van der Waals surface area contributed by atoms with E-state index >= 15 is 0 Å². The van der Waals surface area contributed by atoms with E-state index in [9.17, 15) is 4.79 Å². The lowest BCUT2D eigenvalue weighted by atomic mass is 10.2. The minimum atomic E-state index is -0.0921. The fourth-order valence-corrected chi connectivity index (χ4v) is 2.91. The van der Waals surface area contributed by atoms with Crippen molar-refractivity contribution in [2.24, 2.45) is 4.99 Å². The number of aryl methyl sites for hydroxylation is 1. The maximum absolute atomic E-state index is 12.0. The van der Waals surface area contributed by atoms with E-state index in [1.807, 2.05) is 25.3 Å². The third-order valence-electron chi connectivity index (χ3n) is 3.11. The molecule has 8 heteroatoms.